The first-order chi connectivity index (χ1) is 15.8. The van der Waals surface area contributed by atoms with Gasteiger partial charge in [-0.1, -0.05) is 42.5 Å². The molecule has 3 aromatic carbocycles. The first-order valence-corrected chi connectivity index (χ1v) is 11.4. The summed E-state index contributed by atoms with van der Waals surface area (Å²) in [4.78, 5) is 13.4. The van der Waals surface area contributed by atoms with Crippen molar-refractivity contribution in [3.05, 3.63) is 89.6 Å². The van der Waals surface area contributed by atoms with Crippen molar-refractivity contribution < 1.29 is 52.6 Å². The number of hydrogen-bond acceptors (Lipinski definition) is 3. The zero-order chi connectivity index (χ0) is 23.2. The Bertz CT molecular complexity index is 1340. The molecule has 0 radical (unpaired) electrons. The van der Waals surface area contributed by atoms with Crippen LogP contribution >= 0.6 is 11.8 Å². The summed E-state index contributed by atoms with van der Waals surface area (Å²) in [5, 5.41) is 13.7. The molecule has 0 saturated heterocycles. The van der Waals surface area contributed by atoms with Crippen molar-refractivity contribution in [3.63, 3.8) is 0 Å². The molecule has 5 rings (SSSR count). The summed E-state index contributed by atoms with van der Waals surface area (Å²) in [7, 11) is 0. The number of hydrogen-bond donors (Lipinski definition) is 0. The Hall–Kier alpha value is -2.19. The molecule has 1 saturated carbocycles. The number of benzene rings is 3. The third-order valence-corrected chi connectivity index (χ3v) is 7.08. The summed E-state index contributed by atoms with van der Waals surface area (Å²) < 4.78 is 41.1. The molecule has 34 heavy (non-hydrogen) atoms. The number of rotatable bonds is 6. The maximum absolute atomic E-state index is 13.2. The summed E-state index contributed by atoms with van der Waals surface area (Å²) in [6.45, 7) is -0.0244. The smallest absolute Gasteiger partial charge is 0.543 e. The average molecular weight is 489 g/mol. The van der Waals surface area contributed by atoms with E-state index in [1.807, 2.05) is 48.2 Å². The first kappa shape index (κ1) is 24.9. The van der Waals surface area contributed by atoms with Crippen LogP contribution in [0.1, 0.15) is 34.5 Å². The van der Waals surface area contributed by atoms with Gasteiger partial charge in [0, 0.05) is 33.2 Å². The molecule has 3 nitrogen and oxygen atoms in total. The third-order valence-electron chi connectivity index (χ3n) is 5.73. The van der Waals surface area contributed by atoms with E-state index in [-0.39, 0.29) is 41.8 Å². The minimum Gasteiger partial charge on any atom is -0.543 e. The van der Waals surface area contributed by atoms with E-state index in [0.717, 1.165) is 22.6 Å². The van der Waals surface area contributed by atoms with Crippen LogP contribution in [0.4, 0.5) is 13.2 Å². The fraction of sp³-hybridized carbons (Fsp3) is 0.192. The fourth-order valence-corrected chi connectivity index (χ4v) is 5.13. The Kier molecular flexibility index (Phi) is 7.20. The minimum atomic E-state index is -4.47. The van der Waals surface area contributed by atoms with Crippen molar-refractivity contribution in [1.82, 2.24) is 4.57 Å². The van der Waals surface area contributed by atoms with E-state index in [4.69, 9.17) is 0 Å². The summed E-state index contributed by atoms with van der Waals surface area (Å²) in [6.07, 6.45) is -2.05. The molecule has 0 N–H and O–H groups in total. The Labute approximate surface area is 221 Å². The molecule has 1 aromatic heterocycles. The molecule has 8 heteroatoms. The summed E-state index contributed by atoms with van der Waals surface area (Å²) >= 11 is 1.81. The van der Waals surface area contributed by atoms with Gasteiger partial charge in [-0.15, -0.1) is 11.8 Å². The largest absolute Gasteiger partial charge is 1.00 e. The van der Waals surface area contributed by atoms with Crippen LogP contribution in [-0.2, 0) is 12.7 Å². The van der Waals surface area contributed by atoms with Crippen LogP contribution in [0.3, 0.4) is 0 Å². The predicted molar refractivity (Wildman–Crippen MR) is 121 cm³/mol. The van der Waals surface area contributed by atoms with Crippen LogP contribution in [0.5, 0.6) is 0 Å². The van der Waals surface area contributed by atoms with Crippen molar-refractivity contribution in [3.8, 4) is 11.1 Å². The predicted octanol–water partition coefficient (Wildman–Crippen LogP) is 3.00. The zero-order valence-corrected chi connectivity index (χ0v) is 21.2. The molecular weight excluding hydrogens is 470 g/mol. The second kappa shape index (κ2) is 9.82. The van der Waals surface area contributed by atoms with E-state index >= 15 is 0 Å². The number of nitrogens with zero attached hydrogens (tertiary/aromatic N) is 1. The zero-order valence-electron chi connectivity index (χ0n) is 18.4. The third kappa shape index (κ3) is 5.08. The molecule has 0 amide bonds. The standard InChI is InChI=1S/C26H20F3NO2S.Na/c27-26(28,29)18-5-3-4-16(14-18)15-30-22-7-2-1-6-21(22)23(24(30)25(31)32)17-8-10-19(11-9-17)33-20-12-13-20;/h1-11,14,20H,12-13,15H2,(H,31,32);/q;+1/p-1. The normalized spacial score (nSPS) is 13.6. The monoisotopic (exact) mass is 489 g/mol. The number of carbonyl (C=O) groups is 1. The first-order valence-electron chi connectivity index (χ1n) is 10.6. The summed E-state index contributed by atoms with van der Waals surface area (Å²) in [5.41, 5.74) is 1.41. The molecular formula is C26H19F3NNaO2S. The average Bonchev–Trinajstić information content (AvgIpc) is 3.54. The van der Waals surface area contributed by atoms with Gasteiger partial charge >= 0.3 is 35.7 Å². The van der Waals surface area contributed by atoms with Crippen molar-refractivity contribution in [2.45, 2.75) is 35.7 Å². The van der Waals surface area contributed by atoms with Crippen LogP contribution < -0.4 is 34.7 Å². The van der Waals surface area contributed by atoms with E-state index in [1.165, 1.54) is 23.5 Å². The number of carbonyl (C=O) groups excluding carboxylic acids is 1. The number of alkyl halides is 3. The molecule has 4 aromatic rings. The van der Waals surface area contributed by atoms with Gasteiger partial charge in [0.25, 0.3) is 0 Å². The fourth-order valence-electron chi connectivity index (χ4n) is 4.08. The van der Waals surface area contributed by atoms with Crippen molar-refractivity contribution in [1.29, 1.82) is 0 Å². The van der Waals surface area contributed by atoms with E-state index in [9.17, 15) is 23.1 Å². The number of aromatic carboxylic acids is 1. The van der Waals surface area contributed by atoms with Gasteiger partial charge in [-0.3, -0.25) is 0 Å². The summed E-state index contributed by atoms with van der Waals surface area (Å²) in [6, 6.07) is 19.9. The molecule has 1 aliphatic carbocycles. The van der Waals surface area contributed by atoms with Crippen molar-refractivity contribution >= 4 is 28.6 Å². The number of carboxylic acids is 1. The molecule has 0 unspecified atom stereocenters. The van der Waals surface area contributed by atoms with Crippen molar-refractivity contribution in [2.75, 3.05) is 0 Å². The second-order valence-corrected chi connectivity index (χ2v) is 9.53. The number of fused-ring (bicyclic) bond motifs is 1. The van der Waals surface area contributed by atoms with Crippen LogP contribution in [0.2, 0.25) is 0 Å². The number of carboxylic acid groups (broad SMARTS) is 1. The van der Waals surface area contributed by atoms with E-state index in [1.54, 1.807) is 18.2 Å². The molecule has 0 spiro atoms. The van der Waals surface area contributed by atoms with Crippen LogP contribution in [-0.4, -0.2) is 15.8 Å². The maximum Gasteiger partial charge on any atom is 1.00 e. The second-order valence-electron chi connectivity index (χ2n) is 8.15. The SMILES string of the molecule is O=C([O-])c1c(-c2ccc(SC3CC3)cc2)c2ccccc2n1Cc1cccc(C(F)(F)F)c1.[Na+]. The number of para-hydroxylation sites is 1. The molecule has 1 heterocycles. The molecule has 1 aliphatic rings. The van der Waals surface area contributed by atoms with E-state index < -0.39 is 17.7 Å². The van der Waals surface area contributed by atoms with Crippen LogP contribution in [0, 0.1) is 0 Å². The van der Waals surface area contributed by atoms with Gasteiger partial charge in [0.2, 0.25) is 0 Å². The number of halogens is 3. The quantitative estimate of drug-likeness (QED) is 0.392. The molecule has 1 fully saturated rings. The van der Waals surface area contributed by atoms with Gasteiger partial charge in [-0.25, -0.2) is 0 Å². The number of aromatic nitrogens is 1. The van der Waals surface area contributed by atoms with Crippen LogP contribution in [0.15, 0.2) is 77.7 Å². The number of thioether (sulfide) groups is 1. The van der Waals surface area contributed by atoms with Gasteiger partial charge in [-0.2, -0.15) is 13.2 Å². The Morgan fingerprint density at radius 1 is 1.00 bits per heavy atom. The van der Waals surface area contributed by atoms with Gasteiger partial charge in [0.1, 0.15) is 0 Å². The summed E-state index contributed by atoms with van der Waals surface area (Å²) in [5.74, 6) is -1.37. The Balaban J connectivity index is 0.00000274. The van der Waals surface area contributed by atoms with Gasteiger partial charge in [0.15, 0.2) is 0 Å². The molecule has 0 bridgehead atoms. The topological polar surface area (TPSA) is 45.1 Å². The maximum atomic E-state index is 13.2. The molecule has 0 aliphatic heterocycles. The van der Waals surface area contributed by atoms with Crippen molar-refractivity contribution in [2.24, 2.45) is 0 Å². The van der Waals surface area contributed by atoms with Crippen LogP contribution in [0.25, 0.3) is 22.0 Å². The molecule has 0 atom stereocenters. The Morgan fingerprint density at radius 3 is 2.35 bits per heavy atom. The van der Waals surface area contributed by atoms with E-state index in [2.05, 4.69) is 0 Å². The molecule has 168 valence electrons. The minimum absolute atomic E-state index is 0. The van der Waals surface area contributed by atoms with E-state index in [0.29, 0.717) is 27.3 Å². The van der Waals surface area contributed by atoms with Gasteiger partial charge < -0.3 is 14.5 Å². The van der Waals surface area contributed by atoms with Gasteiger partial charge in [0.05, 0.1) is 17.2 Å². The Morgan fingerprint density at radius 2 is 1.71 bits per heavy atom. The van der Waals surface area contributed by atoms with Gasteiger partial charge in [-0.05, 0) is 54.3 Å².